The monoisotopic (exact) mass is 303 g/mol. The quantitative estimate of drug-likeness (QED) is 0.848. The second kappa shape index (κ2) is 6.80. The topological polar surface area (TPSA) is 58.6 Å². The minimum Gasteiger partial charge on any atom is -0.480 e. The molecular weight excluding hydrogens is 278 g/mol. The number of hydrogen-bond donors (Lipinski definition) is 2. The van der Waals surface area contributed by atoms with Gasteiger partial charge >= 0.3 is 5.97 Å². The second-order valence-corrected chi connectivity index (χ2v) is 6.56. The third-order valence-electron chi connectivity index (χ3n) is 4.88. The molecule has 1 aromatic rings. The maximum absolute atomic E-state index is 11.6. The highest BCUT2D eigenvalue weighted by molar-refractivity contribution is 5.76. The zero-order valence-corrected chi connectivity index (χ0v) is 13.2. The standard InChI is InChI=1S/C18H25NO3/c1-19-17(18(20)21)15-5-4-13(10-12-2-3-12)11-16(15)14-6-8-22-9-7-14/h4-5,11-12,14,17,19H,2-3,6-10H2,1H3,(H,20,21). The van der Waals surface area contributed by atoms with Gasteiger partial charge in [-0.1, -0.05) is 18.2 Å². The number of likely N-dealkylation sites (N-methyl/N-ethyl adjacent to an activating group) is 1. The van der Waals surface area contributed by atoms with Gasteiger partial charge in [-0.2, -0.15) is 0 Å². The Kier molecular flexibility index (Phi) is 4.79. The van der Waals surface area contributed by atoms with E-state index in [1.165, 1.54) is 24.0 Å². The Bertz CT molecular complexity index is 533. The normalized spacial score (nSPS) is 20.8. The molecule has 0 aromatic heterocycles. The zero-order valence-electron chi connectivity index (χ0n) is 13.2. The second-order valence-electron chi connectivity index (χ2n) is 6.56. The fourth-order valence-corrected chi connectivity index (χ4v) is 3.44. The molecule has 1 heterocycles. The maximum Gasteiger partial charge on any atom is 0.325 e. The Morgan fingerprint density at radius 1 is 1.32 bits per heavy atom. The van der Waals surface area contributed by atoms with Crippen molar-refractivity contribution in [1.82, 2.24) is 5.32 Å². The van der Waals surface area contributed by atoms with Crippen molar-refractivity contribution < 1.29 is 14.6 Å². The number of hydrogen-bond acceptors (Lipinski definition) is 3. The lowest BCUT2D eigenvalue weighted by atomic mass is 9.84. The molecule has 1 saturated carbocycles. The zero-order chi connectivity index (χ0) is 15.5. The smallest absolute Gasteiger partial charge is 0.325 e. The van der Waals surface area contributed by atoms with E-state index in [-0.39, 0.29) is 0 Å². The highest BCUT2D eigenvalue weighted by Crippen LogP contribution is 2.36. The first-order valence-electron chi connectivity index (χ1n) is 8.29. The van der Waals surface area contributed by atoms with E-state index < -0.39 is 12.0 Å². The van der Waals surface area contributed by atoms with Gasteiger partial charge in [0.15, 0.2) is 0 Å². The number of ether oxygens (including phenoxy) is 1. The lowest BCUT2D eigenvalue weighted by Gasteiger charge is -2.27. The Morgan fingerprint density at radius 3 is 2.64 bits per heavy atom. The summed E-state index contributed by atoms with van der Waals surface area (Å²) in [5, 5.41) is 12.4. The molecule has 1 aliphatic heterocycles. The summed E-state index contributed by atoms with van der Waals surface area (Å²) in [5.41, 5.74) is 3.48. The van der Waals surface area contributed by atoms with Crippen molar-refractivity contribution in [2.75, 3.05) is 20.3 Å². The summed E-state index contributed by atoms with van der Waals surface area (Å²) in [6, 6.07) is 5.77. The lowest BCUT2D eigenvalue weighted by molar-refractivity contribution is -0.139. The molecule has 1 atom stereocenters. The van der Waals surface area contributed by atoms with Crippen LogP contribution in [0.4, 0.5) is 0 Å². The molecule has 2 fully saturated rings. The first-order valence-corrected chi connectivity index (χ1v) is 8.29. The first kappa shape index (κ1) is 15.5. The summed E-state index contributed by atoms with van der Waals surface area (Å²) in [7, 11) is 1.71. The van der Waals surface area contributed by atoms with E-state index in [1.807, 2.05) is 6.07 Å². The Balaban J connectivity index is 1.93. The summed E-state index contributed by atoms with van der Waals surface area (Å²) in [5.74, 6) is 0.441. The van der Waals surface area contributed by atoms with Crippen LogP contribution in [0.1, 0.15) is 54.3 Å². The van der Waals surface area contributed by atoms with E-state index in [0.29, 0.717) is 5.92 Å². The Morgan fingerprint density at radius 2 is 2.05 bits per heavy atom. The Hall–Kier alpha value is -1.39. The van der Waals surface area contributed by atoms with Crippen LogP contribution in [-0.4, -0.2) is 31.3 Å². The minimum absolute atomic E-state index is 0.415. The third kappa shape index (κ3) is 3.50. The summed E-state index contributed by atoms with van der Waals surface area (Å²) in [4.78, 5) is 11.6. The summed E-state index contributed by atoms with van der Waals surface area (Å²) < 4.78 is 5.47. The average Bonchev–Trinajstić information content (AvgIpc) is 3.34. The van der Waals surface area contributed by atoms with E-state index in [9.17, 15) is 9.90 Å². The van der Waals surface area contributed by atoms with Crippen LogP contribution in [0, 0.1) is 5.92 Å². The fraction of sp³-hybridized carbons (Fsp3) is 0.611. The third-order valence-corrected chi connectivity index (χ3v) is 4.88. The van der Waals surface area contributed by atoms with Crippen molar-refractivity contribution in [3.63, 3.8) is 0 Å². The van der Waals surface area contributed by atoms with Crippen LogP contribution in [0.25, 0.3) is 0 Å². The molecular formula is C18H25NO3. The number of carbonyl (C=O) groups is 1. The number of rotatable bonds is 6. The average molecular weight is 303 g/mol. The molecule has 0 amide bonds. The van der Waals surface area contributed by atoms with Gasteiger partial charge < -0.3 is 15.2 Å². The van der Waals surface area contributed by atoms with Gasteiger partial charge in [0.2, 0.25) is 0 Å². The number of carboxylic acid groups (broad SMARTS) is 1. The van der Waals surface area contributed by atoms with Crippen LogP contribution in [0.15, 0.2) is 18.2 Å². The van der Waals surface area contributed by atoms with Crippen LogP contribution in [-0.2, 0) is 16.0 Å². The summed E-state index contributed by atoms with van der Waals surface area (Å²) in [6.07, 6.45) is 5.77. The predicted molar refractivity (Wildman–Crippen MR) is 85.1 cm³/mol. The fourth-order valence-electron chi connectivity index (χ4n) is 3.44. The predicted octanol–water partition coefficient (Wildman–Crippen LogP) is 2.88. The van der Waals surface area contributed by atoms with E-state index in [0.717, 1.165) is 44.0 Å². The van der Waals surface area contributed by atoms with E-state index >= 15 is 0 Å². The van der Waals surface area contributed by atoms with Crippen molar-refractivity contribution >= 4 is 5.97 Å². The van der Waals surface area contributed by atoms with Crippen LogP contribution in [0.5, 0.6) is 0 Å². The van der Waals surface area contributed by atoms with Gasteiger partial charge in [-0.25, -0.2) is 0 Å². The first-order chi connectivity index (χ1) is 10.7. The van der Waals surface area contributed by atoms with Crippen molar-refractivity contribution in [2.24, 2.45) is 5.92 Å². The van der Waals surface area contributed by atoms with Crippen molar-refractivity contribution in [1.29, 1.82) is 0 Å². The molecule has 0 radical (unpaired) electrons. The molecule has 1 saturated heterocycles. The maximum atomic E-state index is 11.6. The molecule has 2 aliphatic rings. The van der Waals surface area contributed by atoms with Gasteiger partial charge in [0, 0.05) is 13.2 Å². The van der Waals surface area contributed by atoms with E-state index in [4.69, 9.17) is 4.74 Å². The molecule has 120 valence electrons. The molecule has 4 heteroatoms. The molecule has 0 bridgehead atoms. The van der Waals surface area contributed by atoms with Crippen LogP contribution < -0.4 is 5.32 Å². The highest BCUT2D eigenvalue weighted by atomic mass is 16.5. The molecule has 1 unspecified atom stereocenters. The molecule has 3 rings (SSSR count). The van der Waals surface area contributed by atoms with Crippen LogP contribution >= 0.6 is 0 Å². The van der Waals surface area contributed by atoms with Gasteiger partial charge in [-0.3, -0.25) is 4.79 Å². The van der Waals surface area contributed by atoms with Crippen molar-refractivity contribution in [3.8, 4) is 0 Å². The number of aliphatic carboxylic acids is 1. The SMILES string of the molecule is CNC(C(=O)O)c1ccc(CC2CC2)cc1C1CCOCC1. The van der Waals surface area contributed by atoms with Gasteiger partial charge in [0.25, 0.3) is 0 Å². The van der Waals surface area contributed by atoms with Gasteiger partial charge in [-0.15, -0.1) is 0 Å². The molecule has 2 N–H and O–H groups in total. The van der Waals surface area contributed by atoms with Gasteiger partial charge in [0.1, 0.15) is 6.04 Å². The molecule has 22 heavy (non-hydrogen) atoms. The van der Waals surface area contributed by atoms with Gasteiger partial charge in [0.05, 0.1) is 0 Å². The molecule has 0 spiro atoms. The number of nitrogens with one attached hydrogen (secondary N) is 1. The molecule has 1 aromatic carbocycles. The molecule has 1 aliphatic carbocycles. The number of benzene rings is 1. The number of carboxylic acids is 1. The van der Waals surface area contributed by atoms with Crippen LogP contribution in [0.2, 0.25) is 0 Å². The lowest BCUT2D eigenvalue weighted by Crippen LogP contribution is -2.27. The van der Waals surface area contributed by atoms with Gasteiger partial charge in [-0.05, 0) is 67.7 Å². The summed E-state index contributed by atoms with van der Waals surface area (Å²) >= 11 is 0. The Labute approximate surface area is 131 Å². The summed E-state index contributed by atoms with van der Waals surface area (Å²) in [6.45, 7) is 1.54. The van der Waals surface area contributed by atoms with E-state index in [2.05, 4.69) is 17.4 Å². The van der Waals surface area contributed by atoms with Crippen LogP contribution in [0.3, 0.4) is 0 Å². The van der Waals surface area contributed by atoms with Crippen molar-refractivity contribution in [3.05, 3.63) is 34.9 Å². The van der Waals surface area contributed by atoms with Crippen molar-refractivity contribution in [2.45, 2.75) is 44.1 Å². The largest absolute Gasteiger partial charge is 0.480 e. The molecule has 4 nitrogen and oxygen atoms in total. The highest BCUT2D eigenvalue weighted by Gasteiger charge is 2.27. The van der Waals surface area contributed by atoms with E-state index in [1.54, 1.807) is 7.05 Å². The minimum atomic E-state index is -0.814.